The second-order valence-electron chi connectivity index (χ2n) is 6.33. The third-order valence-electron chi connectivity index (χ3n) is 3.79. The standard InChI is InChI=1S/C14H29N/c1-6-9-15-13(8-7-11(2)3)12-10-14(12,4)5/h11-13,15H,6-10H2,1-5H3. The van der Waals surface area contributed by atoms with Gasteiger partial charge in [0.05, 0.1) is 0 Å². The smallest absolute Gasteiger partial charge is 0.0101 e. The average molecular weight is 211 g/mol. The summed E-state index contributed by atoms with van der Waals surface area (Å²) in [4.78, 5) is 0. The predicted molar refractivity (Wildman–Crippen MR) is 68.0 cm³/mol. The summed E-state index contributed by atoms with van der Waals surface area (Å²) in [6, 6.07) is 0.780. The van der Waals surface area contributed by atoms with Crippen molar-refractivity contribution in [2.45, 2.75) is 66.3 Å². The van der Waals surface area contributed by atoms with E-state index in [4.69, 9.17) is 0 Å². The maximum atomic E-state index is 3.74. The number of nitrogens with one attached hydrogen (secondary N) is 1. The van der Waals surface area contributed by atoms with E-state index in [1.165, 1.54) is 32.2 Å². The Labute approximate surface area is 96.0 Å². The van der Waals surface area contributed by atoms with Gasteiger partial charge in [-0.15, -0.1) is 0 Å². The van der Waals surface area contributed by atoms with Crippen molar-refractivity contribution in [3.05, 3.63) is 0 Å². The van der Waals surface area contributed by atoms with E-state index in [1.807, 2.05) is 0 Å². The SMILES string of the molecule is CCCNC(CCC(C)C)C1CC1(C)C. The highest BCUT2D eigenvalue weighted by Gasteiger charge is 2.49. The molecule has 0 bridgehead atoms. The minimum absolute atomic E-state index is 0.613. The normalized spacial score (nSPS) is 25.6. The lowest BCUT2D eigenvalue weighted by molar-refractivity contribution is 0.359. The molecule has 0 spiro atoms. The molecule has 0 aliphatic heterocycles. The van der Waals surface area contributed by atoms with Crippen LogP contribution in [0.2, 0.25) is 0 Å². The van der Waals surface area contributed by atoms with Gasteiger partial charge < -0.3 is 5.32 Å². The van der Waals surface area contributed by atoms with Crippen molar-refractivity contribution < 1.29 is 0 Å². The van der Waals surface area contributed by atoms with Gasteiger partial charge in [0.1, 0.15) is 0 Å². The highest BCUT2D eigenvalue weighted by atomic mass is 14.9. The van der Waals surface area contributed by atoms with Crippen LogP contribution in [0, 0.1) is 17.3 Å². The molecular weight excluding hydrogens is 182 g/mol. The Hall–Kier alpha value is -0.0400. The van der Waals surface area contributed by atoms with Crippen LogP contribution in [0.15, 0.2) is 0 Å². The van der Waals surface area contributed by atoms with Crippen molar-refractivity contribution in [3.63, 3.8) is 0 Å². The zero-order chi connectivity index (χ0) is 11.5. The number of hydrogen-bond donors (Lipinski definition) is 1. The average Bonchev–Trinajstić information content (AvgIpc) is 2.75. The topological polar surface area (TPSA) is 12.0 Å². The third kappa shape index (κ3) is 4.14. The Morgan fingerprint density at radius 3 is 2.27 bits per heavy atom. The first-order chi connectivity index (χ1) is 6.97. The van der Waals surface area contributed by atoms with Crippen LogP contribution in [-0.2, 0) is 0 Å². The quantitative estimate of drug-likeness (QED) is 0.674. The molecule has 0 saturated heterocycles. The molecule has 15 heavy (non-hydrogen) atoms. The van der Waals surface area contributed by atoms with Crippen LogP contribution in [0.4, 0.5) is 0 Å². The van der Waals surface area contributed by atoms with Crippen LogP contribution in [0.3, 0.4) is 0 Å². The predicted octanol–water partition coefficient (Wildman–Crippen LogP) is 3.84. The van der Waals surface area contributed by atoms with Gasteiger partial charge in [0, 0.05) is 6.04 Å². The summed E-state index contributed by atoms with van der Waals surface area (Å²) in [5.41, 5.74) is 0.613. The fourth-order valence-electron chi connectivity index (χ4n) is 2.48. The second kappa shape index (κ2) is 5.34. The molecule has 2 unspecified atom stereocenters. The fourth-order valence-corrected chi connectivity index (χ4v) is 2.48. The molecule has 0 aromatic rings. The Balaban J connectivity index is 2.33. The van der Waals surface area contributed by atoms with E-state index in [1.54, 1.807) is 0 Å². The molecule has 1 fully saturated rings. The molecule has 90 valence electrons. The van der Waals surface area contributed by atoms with Crippen molar-refractivity contribution in [1.29, 1.82) is 0 Å². The maximum Gasteiger partial charge on any atom is 0.0101 e. The number of rotatable bonds is 7. The molecule has 0 aromatic carbocycles. The van der Waals surface area contributed by atoms with E-state index >= 15 is 0 Å². The third-order valence-corrected chi connectivity index (χ3v) is 3.79. The van der Waals surface area contributed by atoms with Gasteiger partial charge in [0.2, 0.25) is 0 Å². The maximum absolute atomic E-state index is 3.74. The van der Waals surface area contributed by atoms with Crippen molar-refractivity contribution in [3.8, 4) is 0 Å². The zero-order valence-electron chi connectivity index (χ0n) is 11.3. The van der Waals surface area contributed by atoms with E-state index in [0.29, 0.717) is 5.41 Å². The first-order valence-electron chi connectivity index (χ1n) is 6.70. The van der Waals surface area contributed by atoms with Crippen molar-refractivity contribution >= 4 is 0 Å². The molecule has 1 aliphatic carbocycles. The van der Waals surface area contributed by atoms with E-state index in [2.05, 4.69) is 39.9 Å². The lowest BCUT2D eigenvalue weighted by atomic mass is 9.96. The highest BCUT2D eigenvalue weighted by Crippen LogP contribution is 2.54. The first kappa shape index (κ1) is 13.0. The lowest BCUT2D eigenvalue weighted by Crippen LogP contribution is -2.33. The summed E-state index contributed by atoms with van der Waals surface area (Å²) in [7, 11) is 0. The van der Waals surface area contributed by atoms with Crippen LogP contribution in [0.1, 0.15) is 60.3 Å². The molecule has 0 radical (unpaired) electrons. The molecule has 0 heterocycles. The molecule has 0 aromatic heterocycles. The van der Waals surface area contributed by atoms with Gasteiger partial charge >= 0.3 is 0 Å². The molecule has 1 rings (SSSR count). The van der Waals surface area contributed by atoms with Crippen LogP contribution < -0.4 is 5.32 Å². The van der Waals surface area contributed by atoms with E-state index < -0.39 is 0 Å². The highest BCUT2D eigenvalue weighted by molar-refractivity contribution is 5.01. The minimum Gasteiger partial charge on any atom is -0.314 e. The molecule has 1 heteroatoms. The largest absolute Gasteiger partial charge is 0.314 e. The summed E-state index contributed by atoms with van der Waals surface area (Å²) in [5.74, 6) is 1.78. The lowest BCUT2D eigenvalue weighted by Gasteiger charge is -2.21. The van der Waals surface area contributed by atoms with E-state index in [0.717, 1.165) is 17.9 Å². The Morgan fingerprint density at radius 2 is 1.87 bits per heavy atom. The molecule has 2 atom stereocenters. The Morgan fingerprint density at radius 1 is 1.27 bits per heavy atom. The summed E-state index contributed by atoms with van der Waals surface area (Å²) < 4.78 is 0. The van der Waals surface area contributed by atoms with Crippen LogP contribution in [0.25, 0.3) is 0 Å². The van der Waals surface area contributed by atoms with Crippen molar-refractivity contribution in [1.82, 2.24) is 5.32 Å². The van der Waals surface area contributed by atoms with E-state index in [9.17, 15) is 0 Å². The van der Waals surface area contributed by atoms with Crippen molar-refractivity contribution in [2.24, 2.45) is 17.3 Å². The minimum atomic E-state index is 0.613. The van der Waals surface area contributed by atoms with Crippen LogP contribution >= 0.6 is 0 Å². The monoisotopic (exact) mass is 211 g/mol. The Bertz CT molecular complexity index is 184. The van der Waals surface area contributed by atoms with Gasteiger partial charge in [-0.2, -0.15) is 0 Å². The number of hydrogen-bond acceptors (Lipinski definition) is 1. The molecule has 0 amide bonds. The molecule has 1 N–H and O–H groups in total. The van der Waals surface area contributed by atoms with Crippen LogP contribution in [-0.4, -0.2) is 12.6 Å². The summed E-state index contributed by atoms with van der Waals surface area (Å²) in [6.45, 7) is 12.9. The van der Waals surface area contributed by atoms with Gasteiger partial charge in [-0.05, 0) is 49.5 Å². The van der Waals surface area contributed by atoms with Gasteiger partial charge in [0.25, 0.3) is 0 Å². The fraction of sp³-hybridized carbons (Fsp3) is 1.00. The summed E-state index contributed by atoms with van der Waals surface area (Å²) >= 11 is 0. The Kier molecular flexibility index (Phi) is 4.64. The summed E-state index contributed by atoms with van der Waals surface area (Å²) in [5, 5.41) is 3.74. The molecule has 1 aliphatic rings. The van der Waals surface area contributed by atoms with Crippen LogP contribution in [0.5, 0.6) is 0 Å². The van der Waals surface area contributed by atoms with Gasteiger partial charge in [-0.25, -0.2) is 0 Å². The second-order valence-corrected chi connectivity index (χ2v) is 6.33. The molecule has 1 nitrogen and oxygen atoms in total. The van der Waals surface area contributed by atoms with Gasteiger partial charge in [-0.3, -0.25) is 0 Å². The molecule has 1 saturated carbocycles. The van der Waals surface area contributed by atoms with Crippen molar-refractivity contribution in [2.75, 3.05) is 6.54 Å². The first-order valence-corrected chi connectivity index (χ1v) is 6.70. The van der Waals surface area contributed by atoms with Gasteiger partial charge in [-0.1, -0.05) is 34.6 Å². The van der Waals surface area contributed by atoms with E-state index in [-0.39, 0.29) is 0 Å². The summed E-state index contributed by atoms with van der Waals surface area (Å²) in [6.07, 6.45) is 5.41. The molecular formula is C14H29N. The zero-order valence-corrected chi connectivity index (χ0v) is 11.3. The van der Waals surface area contributed by atoms with Gasteiger partial charge in [0.15, 0.2) is 0 Å².